The van der Waals surface area contributed by atoms with E-state index in [0.29, 0.717) is 19.6 Å². The predicted molar refractivity (Wildman–Crippen MR) is 83.4 cm³/mol. The second-order valence-electron chi connectivity index (χ2n) is 6.62. The van der Waals surface area contributed by atoms with E-state index in [0.717, 1.165) is 5.56 Å². The lowest BCUT2D eigenvalue weighted by molar-refractivity contribution is 0.0121. The highest BCUT2D eigenvalue weighted by molar-refractivity contribution is 5.69. The third kappa shape index (κ3) is 4.71. The zero-order valence-electron chi connectivity index (χ0n) is 13.5. The maximum atomic E-state index is 12.2. The van der Waals surface area contributed by atoms with Crippen LogP contribution in [0.15, 0.2) is 30.3 Å². The minimum absolute atomic E-state index is 0.0788. The van der Waals surface area contributed by atoms with Crippen LogP contribution in [0.2, 0.25) is 0 Å². The van der Waals surface area contributed by atoms with Crippen molar-refractivity contribution in [2.45, 2.75) is 51.5 Å². The molecule has 0 bridgehead atoms. The van der Waals surface area contributed by atoms with Crippen LogP contribution in [0.4, 0.5) is 4.79 Å². The highest BCUT2D eigenvalue weighted by Gasteiger charge is 2.37. The summed E-state index contributed by atoms with van der Waals surface area (Å²) in [5, 5.41) is 9.48. The van der Waals surface area contributed by atoms with Crippen molar-refractivity contribution in [3.8, 4) is 0 Å². The minimum Gasteiger partial charge on any atom is -0.444 e. The molecule has 1 aliphatic heterocycles. The van der Waals surface area contributed by atoms with E-state index in [9.17, 15) is 9.90 Å². The summed E-state index contributed by atoms with van der Waals surface area (Å²) in [4.78, 5) is 13.8. The summed E-state index contributed by atoms with van der Waals surface area (Å²) >= 11 is 0. The zero-order valence-corrected chi connectivity index (χ0v) is 13.5. The fraction of sp³-hybridized carbons (Fsp3) is 0.588. The van der Waals surface area contributed by atoms with Crippen molar-refractivity contribution < 1.29 is 19.4 Å². The minimum atomic E-state index is -0.542. The third-order valence-electron chi connectivity index (χ3n) is 3.54. The molecule has 5 heteroatoms. The van der Waals surface area contributed by atoms with Gasteiger partial charge in [-0.1, -0.05) is 30.3 Å². The van der Waals surface area contributed by atoms with Gasteiger partial charge < -0.3 is 19.5 Å². The van der Waals surface area contributed by atoms with Gasteiger partial charge in [0, 0.05) is 0 Å². The van der Waals surface area contributed by atoms with Gasteiger partial charge in [-0.2, -0.15) is 0 Å². The van der Waals surface area contributed by atoms with Crippen molar-refractivity contribution in [1.82, 2.24) is 4.90 Å². The molecule has 1 aromatic carbocycles. The summed E-state index contributed by atoms with van der Waals surface area (Å²) in [6.07, 6.45) is 0.157. The van der Waals surface area contributed by atoms with E-state index in [1.165, 1.54) is 0 Å². The number of hydrogen-bond donors (Lipinski definition) is 1. The molecule has 5 nitrogen and oxygen atoms in total. The standard InChI is InChI=1S/C17H25NO4/c1-17(2,3)22-16(20)18-10-15(9-14(18)11-19)21-12-13-7-5-4-6-8-13/h4-8,14-15,19H,9-12H2,1-3H3/t14-,15-/m0/s1. The molecule has 0 radical (unpaired) electrons. The molecule has 1 aromatic rings. The second-order valence-corrected chi connectivity index (χ2v) is 6.62. The van der Waals surface area contributed by atoms with Crippen LogP contribution >= 0.6 is 0 Å². The molecular weight excluding hydrogens is 282 g/mol. The van der Waals surface area contributed by atoms with Crippen molar-refractivity contribution in [2.24, 2.45) is 0 Å². The topological polar surface area (TPSA) is 59.0 Å². The number of carbonyl (C=O) groups excluding carboxylic acids is 1. The Morgan fingerprint density at radius 1 is 1.32 bits per heavy atom. The number of hydrogen-bond acceptors (Lipinski definition) is 4. The van der Waals surface area contributed by atoms with Crippen LogP contribution in [0, 0.1) is 0 Å². The Labute approximate surface area is 131 Å². The van der Waals surface area contributed by atoms with Gasteiger partial charge >= 0.3 is 6.09 Å². The molecule has 0 unspecified atom stereocenters. The molecule has 1 aliphatic rings. The molecule has 1 fully saturated rings. The van der Waals surface area contributed by atoms with E-state index in [2.05, 4.69) is 0 Å². The zero-order chi connectivity index (χ0) is 16.2. The predicted octanol–water partition coefficient (Wildman–Crippen LogP) is 2.57. The van der Waals surface area contributed by atoms with E-state index in [1.54, 1.807) is 4.90 Å². The quantitative estimate of drug-likeness (QED) is 0.929. The fourth-order valence-electron chi connectivity index (χ4n) is 2.50. The van der Waals surface area contributed by atoms with Gasteiger partial charge in [0.2, 0.25) is 0 Å². The fourth-order valence-corrected chi connectivity index (χ4v) is 2.50. The third-order valence-corrected chi connectivity index (χ3v) is 3.54. The molecule has 1 heterocycles. The first-order valence-corrected chi connectivity index (χ1v) is 7.65. The van der Waals surface area contributed by atoms with Crippen molar-refractivity contribution >= 4 is 6.09 Å². The molecule has 2 atom stereocenters. The number of benzene rings is 1. The van der Waals surface area contributed by atoms with E-state index in [1.807, 2.05) is 51.1 Å². The van der Waals surface area contributed by atoms with Crippen LogP contribution < -0.4 is 0 Å². The first-order valence-electron chi connectivity index (χ1n) is 7.65. The number of aliphatic hydroxyl groups excluding tert-OH is 1. The van der Waals surface area contributed by atoms with Crippen molar-refractivity contribution in [1.29, 1.82) is 0 Å². The monoisotopic (exact) mass is 307 g/mol. The Bertz CT molecular complexity index is 483. The molecular formula is C17H25NO4. The number of carbonyl (C=O) groups is 1. The summed E-state index contributed by atoms with van der Waals surface area (Å²) in [6.45, 7) is 6.37. The summed E-state index contributed by atoms with van der Waals surface area (Å²) < 4.78 is 11.3. The molecule has 1 N–H and O–H groups in total. The average molecular weight is 307 g/mol. The largest absolute Gasteiger partial charge is 0.444 e. The Hall–Kier alpha value is -1.59. The lowest BCUT2D eigenvalue weighted by Crippen LogP contribution is -2.41. The molecule has 0 spiro atoms. The number of ether oxygens (including phenoxy) is 2. The maximum absolute atomic E-state index is 12.2. The van der Waals surface area contributed by atoms with Crippen LogP contribution in [0.3, 0.4) is 0 Å². The summed E-state index contributed by atoms with van der Waals surface area (Å²) in [5.41, 5.74) is 0.554. The van der Waals surface area contributed by atoms with E-state index >= 15 is 0 Å². The highest BCUT2D eigenvalue weighted by atomic mass is 16.6. The average Bonchev–Trinajstić information content (AvgIpc) is 2.88. The van der Waals surface area contributed by atoms with Gasteiger partial charge in [0.1, 0.15) is 5.60 Å². The van der Waals surface area contributed by atoms with E-state index in [4.69, 9.17) is 9.47 Å². The van der Waals surface area contributed by atoms with Crippen LogP contribution in [-0.4, -0.2) is 47.0 Å². The first kappa shape index (κ1) is 16.8. The molecule has 1 amide bonds. The summed E-state index contributed by atoms with van der Waals surface area (Å²) in [6, 6.07) is 9.67. The summed E-state index contributed by atoms with van der Waals surface area (Å²) in [5.74, 6) is 0. The highest BCUT2D eigenvalue weighted by Crippen LogP contribution is 2.23. The molecule has 22 heavy (non-hydrogen) atoms. The Balaban J connectivity index is 1.90. The Kier molecular flexibility index (Phi) is 5.42. The lowest BCUT2D eigenvalue weighted by atomic mass is 10.2. The molecule has 2 rings (SSSR count). The number of aliphatic hydroxyl groups is 1. The van der Waals surface area contributed by atoms with Crippen LogP contribution in [0.5, 0.6) is 0 Å². The smallest absolute Gasteiger partial charge is 0.410 e. The molecule has 0 aliphatic carbocycles. The molecule has 1 saturated heterocycles. The lowest BCUT2D eigenvalue weighted by Gasteiger charge is -2.27. The van der Waals surface area contributed by atoms with Crippen molar-refractivity contribution in [3.05, 3.63) is 35.9 Å². The van der Waals surface area contributed by atoms with Crippen molar-refractivity contribution in [3.63, 3.8) is 0 Å². The van der Waals surface area contributed by atoms with Gasteiger partial charge in [-0.15, -0.1) is 0 Å². The van der Waals surface area contributed by atoms with Gasteiger partial charge in [-0.3, -0.25) is 0 Å². The van der Waals surface area contributed by atoms with Crippen LogP contribution in [0.25, 0.3) is 0 Å². The number of amides is 1. The van der Waals surface area contributed by atoms with Gasteiger partial charge in [0.05, 0.1) is 31.9 Å². The van der Waals surface area contributed by atoms with Crippen molar-refractivity contribution in [2.75, 3.05) is 13.2 Å². The Morgan fingerprint density at radius 3 is 2.59 bits per heavy atom. The van der Waals surface area contributed by atoms with Gasteiger partial charge in [0.25, 0.3) is 0 Å². The molecule has 122 valence electrons. The number of rotatable bonds is 4. The molecule has 0 saturated carbocycles. The summed E-state index contributed by atoms with van der Waals surface area (Å²) in [7, 11) is 0. The van der Waals surface area contributed by atoms with Gasteiger partial charge in [-0.25, -0.2) is 4.79 Å². The number of nitrogens with zero attached hydrogens (tertiary/aromatic N) is 1. The number of likely N-dealkylation sites (tertiary alicyclic amines) is 1. The Morgan fingerprint density at radius 2 is 2.00 bits per heavy atom. The van der Waals surface area contributed by atoms with Gasteiger partial charge in [-0.05, 0) is 32.8 Å². The van der Waals surface area contributed by atoms with Crippen LogP contribution in [-0.2, 0) is 16.1 Å². The van der Waals surface area contributed by atoms with E-state index in [-0.39, 0.29) is 18.8 Å². The molecule has 0 aromatic heterocycles. The second kappa shape index (κ2) is 7.11. The maximum Gasteiger partial charge on any atom is 0.410 e. The van der Waals surface area contributed by atoms with E-state index < -0.39 is 11.7 Å². The van der Waals surface area contributed by atoms with Crippen LogP contribution in [0.1, 0.15) is 32.8 Å². The van der Waals surface area contributed by atoms with Gasteiger partial charge in [0.15, 0.2) is 0 Å². The first-order chi connectivity index (χ1) is 10.4. The SMILES string of the molecule is CC(C)(C)OC(=O)N1C[C@@H](OCc2ccccc2)C[C@H]1CO. The normalized spacial score (nSPS) is 21.9.